The molecule has 1 aromatic rings. The highest BCUT2D eigenvalue weighted by Crippen LogP contribution is 2.36. The summed E-state index contributed by atoms with van der Waals surface area (Å²) < 4.78 is 0. The second-order valence-electron chi connectivity index (χ2n) is 4.86. The molecule has 0 saturated carbocycles. The number of hydrogen-bond donors (Lipinski definition) is 3. The van der Waals surface area contributed by atoms with Crippen molar-refractivity contribution < 1.29 is 9.59 Å². The van der Waals surface area contributed by atoms with Crippen LogP contribution in [0.5, 0.6) is 0 Å². The quantitative estimate of drug-likeness (QED) is 0.707. The van der Waals surface area contributed by atoms with Crippen molar-refractivity contribution in [1.29, 1.82) is 0 Å². The van der Waals surface area contributed by atoms with Crippen LogP contribution in [0.1, 0.15) is 33.4 Å². The van der Waals surface area contributed by atoms with Crippen molar-refractivity contribution in [1.82, 2.24) is 4.90 Å². The second-order valence-corrected chi connectivity index (χ2v) is 5.88. The van der Waals surface area contributed by atoms with Gasteiger partial charge in [0.2, 0.25) is 0 Å². The number of nitrogens with two attached hydrogens (primary N) is 2. The normalized spacial score (nSPS) is 19.6. The molecule has 1 atom stereocenters. The average molecular weight is 282 g/mol. The number of Topliss-reactive ketones (excluding diaryl/α,β-unsaturated/α-hetero) is 1. The van der Waals surface area contributed by atoms with Gasteiger partial charge in [-0.25, -0.2) is 0 Å². The van der Waals surface area contributed by atoms with Crippen LogP contribution in [-0.4, -0.2) is 42.8 Å². The maximum Gasteiger partial charge on any atom is 0.253 e. The third-order valence-corrected chi connectivity index (χ3v) is 4.48. The summed E-state index contributed by atoms with van der Waals surface area (Å²) >= 11 is 1.21. The second kappa shape index (κ2) is 5.18. The van der Waals surface area contributed by atoms with Crippen molar-refractivity contribution in [3.8, 4) is 0 Å². The van der Waals surface area contributed by atoms with Crippen LogP contribution in [0.15, 0.2) is 0 Å². The molecule has 0 spiro atoms. The van der Waals surface area contributed by atoms with E-state index in [0.29, 0.717) is 9.88 Å². The molecule has 0 aromatic carbocycles. The number of hydrogen-bond acceptors (Lipinski definition) is 6. The van der Waals surface area contributed by atoms with Crippen LogP contribution in [-0.2, 0) is 0 Å². The van der Waals surface area contributed by atoms with Gasteiger partial charge in [-0.3, -0.25) is 9.59 Å². The first kappa shape index (κ1) is 13.8. The Bertz CT molecular complexity index is 526. The number of likely N-dealkylation sites (tertiary alicyclic amines) is 1. The predicted molar refractivity (Wildman–Crippen MR) is 76.8 cm³/mol. The molecule has 104 valence electrons. The van der Waals surface area contributed by atoms with Crippen LogP contribution >= 0.6 is 11.3 Å². The Morgan fingerprint density at radius 1 is 1.47 bits per heavy atom. The predicted octanol–water partition coefficient (Wildman–Crippen LogP) is 0.748. The van der Waals surface area contributed by atoms with E-state index in [1.165, 1.54) is 18.3 Å². The standard InChI is InChI=1S/C12H18N4O2S/c1-6(17)10-9(13)8(11(14)18)12(19-10)15-7-3-4-16(2)5-7/h7,15H,3-5,13H2,1-2H3,(H2,14,18). The highest BCUT2D eigenvalue weighted by molar-refractivity contribution is 7.19. The number of nitrogens with one attached hydrogen (secondary N) is 1. The number of thiophene rings is 1. The number of primary amides is 1. The first-order chi connectivity index (χ1) is 8.90. The molecular weight excluding hydrogens is 264 g/mol. The van der Waals surface area contributed by atoms with E-state index in [0.717, 1.165) is 19.5 Å². The van der Waals surface area contributed by atoms with Crippen molar-refractivity contribution in [3.05, 3.63) is 10.4 Å². The van der Waals surface area contributed by atoms with Crippen molar-refractivity contribution in [2.24, 2.45) is 5.73 Å². The highest BCUT2D eigenvalue weighted by atomic mass is 32.1. The summed E-state index contributed by atoms with van der Waals surface area (Å²) in [5.41, 5.74) is 11.6. The first-order valence-corrected chi connectivity index (χ1v) is 6.90. The number of nitrogen functional groups attached to an aromatic ring is 1. The molecule has 1 amide bonds. The fourth-order valence-electron chi connectivity index (χ4n) is 2.29. The Hall–Kier alpha value is -1.60. The number of anilines is 2. The van der Waals surface area contributed by atoms with Gasteiger partial charge in [-0.15, -0.1) is 11.3 Å². The highest BCUT2D eigenvalue weighted by Gasteiger charge is 2.26. The van der Waals surface area contributed by atoms with Gasteiger partial charge in [-0.05, 0) is 20.0 Å². The number of amides is 1. The van der Waals surface area contributed by atoms with Gasteiger partial charge in [-0.2, -0.15) is 0 Å². The molecular formula is C12H18N4O2S. The molecule has 5 N–H and O–H groups in total. The van der Waals surface area contributed by atoms with Gasteiger partial charge in [0.05, 0.1) is 16.1 Å². The Kier molecular flexibility index (Phi) is 3.77. The lowest BCUT2D eigenvalue weighted by Gasteiger charge is -2.13. The maximum atomic E-state index is 11.5. The van der Waals surface area contributed by atoms with Crippen LogP contribution in [0.25, 0.3) is 0 Å². The SMILES string of the molecule is CC(=O)c1sc(NC2CCN(C)C2)c(C(N)=O)c1N. The summed E-state index contributed by atoms with van der Waals surface area (Å²) in [7, 11) is 2.04. The van der Waals surface area contributed by atoms with E-state index in [1.807, 2.05) is 7.05 Å². The summed E-state index contributed by atoms with van der Waals surface area (Å²) in [5.74, 6) is -0.753. The van der Waals surface area contributed by atoms with Crippen LogP contribution in [0.3, 0.4) is 0 Å². The fourth-order valence-corrected chi connectivity index (χ4v) is 3.39. The van der Waals surface area contributed by atoms with E-state index < -0.39 is 5.91 Å². The largest absolute Gasteiger partial charge is 0.397 e. The average Bonchev–Trinajstić information content (AvgIpc) is 2.83. The first-order valence-electron chi connectivity index (χ1n) is 6.08. The molecule has 6 nitrogen and oxygen atoms in total. The zero-order valence-corrected chi connectivity index (χ0v) is 11.8. The van der Waals surface area contributed by atoms with Gasteiger partial charge >= 0.3 is 0 Å². The molecule has 1 aliphatic heterocycles. The van der Waals surface area contributed by atoms with E-state index in [1.54, 1.807) is 0 Å². The Labute approximate surface area is 115 Å². The molecule has 0 aliphatic carbocycles. The van der Waals surface area contributed by atoms with Crippen molar-refractivity contribution in [2.45, 2.75) is 19.4 Å². The molecule has 1 aromatic heterocycles. The Morgan fingerprint density at radius 2 is 2.16 bits per heavy atom. The molecule has 1 aliphatic rings. The van der Waals surface area contributed by atoms with E-state index in [2.05, 4.69) is 10.2 Å². The molecule has 19 heavy (non-hydrogen) atoms. The summed E-state index contributed by atoms with van der Waals surface area (Å²) in [6, 6.07) is 0.251. The number of rotatable bonds is 4. The minimum atomic E-state index is -0.602. The lowest BCUT2D eigenvalue weighted by Crippen LogP contribution is -2.24. The lowest BCUT2D eigenvalue weighted by molar-refractivity contribution is 0.100. The molecule has 0 bridgehead atoms. The fraction of sp³-hybridized carbons (Fsp3) is 0.500. The monoisotopic (exact) mass is 282 g/mol. The van der Waals surface area contributed by atoms with Crippen molar-refractivity contribution in [3.63, 3.8) is 0 Å². The molecule has 1 saturated heterocycles. The van der Waals surface area contributed by atoms with Gasteiger partial charge in [0.1, 0.15) is 5.00 Å². The number of carbonyl (C=O) groups excluding carboxylic acids is 2. The zero-order chi connectivity index (χ0) is 14.2. The van der Waals surface area contributed by atoms with Gasteiger partial charge in [-0.1, -0.05) is 0 Å². The molecule has 2 heterocycles. The van der Waals surface area contributed by atoms with Crippen molar-refractivity contribution in [2.75, 3.05) is 31.2 Å². The number of likely N-dealkylation sites (N-methyl/N-ethyl adjacent to an activating group) is 1. The van der Waals surface area contributed by atoms with E-state index in [9.17, 15) is 9.59 Å². The summed E-state index contributed by atoms with van der Waals surface area (Å²) in [6.07, 6.45) is 0.988. The van der Waals surface area contributed by atoms with Gasteiger partial charge in [0.25, 0.3) is 5.91 Å². The summed E-state index contributed by atoms with van der Waals surface area (Å²) in [6.45, 7) is 3.33. The van der Waals surface area contributed by atoms with Gasteiger partial charge in [0.15, 0.2) is 5.78 Å². The van der Waals surface area contributed by atoms with Crippen LogP contribution < -0.4 is 16.8 Å². The molecule has 7 heteroatoms. The minimum Gasteiger partial charge on any atom is -0.397 e. The third-order valence-electron chi connectivity index (χ3n) is 3.24. The summed E-state index contributed by atoms with van der Waals surface area (Å²) in [4.78, 5) is 25.6. The zero-order valence-electron chi connectivity index (χ0n) is 11.0. The smallest absolute Gasteiger partial charge is 0.253 e. The Balaban J connectivity index is 2.31. The van der Waals surface area contributed by atoms with Gasteiger partial charge in [0, 0.05) is 19.5 Å². The molecule has 1 fully saturated rings. The minimum absolute atomic E-state index is 0.151. The summed E-state index contributed by atoms with van der Waals surface area (Å²) in [5, 5.41) is 3.89. The molecule has 0 radical (unpaired) electrons. The lowest BCUT2D eigenvalue weighted by atomic mass is 10.2. The maximum absolute atomic E-state index is 11.5. The van der Waals surface area contributed by atoms with Gasteiger partial charge < -0.3 is 21.7 Å². The molecule has 2 rings (SSSR count). The van der Waals surface area contributed by atoms with E-state index in [-0.39, 0.29) is 23.1 Å². The third kappa shape index (κ3) is 2.71. The number of ketones is 1. The number of carbonyl (C=O) groups is 2. The van der Waals surface area contributed by atoms with E-state index >= 15 is 0 Å². The van der Waals surface area contributed by atoms with Crippen LogP contribution in [0, 0.1) is 0 Å². The number of nitrogens with zero attached hydrogens (tertiary/aromatic N) is 1. The topological polar surface area (TPSA) is 101 Å². The van der Waals surface area contributed by atoms with Crippen LogP contribution in [0.2, 0.25) is 0 Å². The van der Waals surface area contributed by atoms with Crippen molar-refractivity contribution >= 4 is 33.7 Å². The van der Waals surface area contributed by atoms with E-state index in [4.69, 9.17) is 11.5 Å². The Morgan fingerprint density at radius 3 is 2.63 bits per heavy atom. The molecule has 1 unspecified atom stereocenters. The van der Waals surface area contributed by atoms with Crippen LogP contribution in [0.4, 0.5) is 10.7 Å².